The Morgan fingerprint density at radius 2 is 2.00 bits per heavy atom. The van der Waals surface area contributed by atoms with Crippen molar-refractivity contribution in [2.75, 3.05) is 52.2 Å². The molecule has 2 N–H and O–H groups in total. The predicted molar refractivity (Wildman–Crippen MR) is 118 cm³/mol. The van der Waals surface area contributed by atoms with Gasteiger partial charge in [-0.3, -0.25) is 10.00 Å². The van der Waals surface area contributed by atoms with Crippen molar-refractivity contribution in [2.45, 2.75) is 6.04 Å². The van der Waals surface area contributed by atoms with Crippen LogP contribution in [0.1, 0.15) is 0 Å². The SMILES string of the molecule is CN(C)CC1CN(c2ccc3nc(-c4n[nH]c5cc(F)ccc45)[nH]c3c2)CCN1C. The van der Waals surface area contributed by atoms with Crippen LogP contribution in [0.4, 0.5) is 10.1 Å². The summed E-state index contributed by atoms with van der Waals surface area (Å²) in [6, 6.07) is 11.5. The first kappa shape index (κ1) is 19.0. The molecule has 1 unspecified atom stereocenters. The molecule has 2 aromatic carbocycles. The van der Waals surface area contributed by atoms with Crippen molar-refractivity contribution in [3.63, 3.8) is 0 Å². The van der Waals surface area contributed by atoms with E-state index in [4.69, 9.17) is 4.98 Å². The molecule has 1 fully saturated rings. The van der Waals surface area contributed by atoms with E-state index in [9.17, 15) is 4.39 Å². The van der Waals surface area contributed by atoms with Crippen LogP contribution in [0.25, 0.3) is 33.5 Å². The molecule has 1 aliphatic rings. The molecule has 0 amide bonds. The zero-order chi connectivity index (χ0) is 20.8. The molecule has 2 aromatic heterocycles. The van der Waals surface area contributed by atoms with Crippen molar-refractivity contribution in [1.82, 2.24) is 30.0 Å². The third-order valence-electron chi connectivity index (χ3n) is 5.93. The summed E-state index contributed by atoms with van der Waals surface area (Å²) < 4.78 is 13.5. The van der Waals surface area contributed by atoms with E-state index < -0.39 is 0 Å². The number of nitrogens with one attached hydrogen (secondary N) is 2. The minimum atomic E-state index is -0.285. The standard InChI is InChI=1S/C22H26FN7/c1-28(2)12-16-13-30(9-8-29(16)3)15-5-7-18-20(11-15)25-22(24-18)21-17-6-4-14(23)10-19(17)26-27-21/h4-7,10-11,16H,8-9,12-13H2,1-3H3,(H,24,25)(H,26,27). The first-order valence-corrected chi connectivity index (χ1v) is 10.2. The molecule has 0 spiro atoms. The Bertz CT molecular complexity index is 1190. The van der Waals surface area contributed by atoms with Crippen molar-refractivity contribution in [2.24, 2.45) is 0 Å². The zero-order valence-electron chi connectivity index (χ0n) is 17.5. The summed E-state index contributed by atoms with van der Waals surface area (Å²) in [5.74, 6) is 0.399. The van der Waals surface area contributed by atoms with E-state index in [1.807, 2.05) is 0 Å². The number of hydrogen-bond acceptors (Lipinski definition) is 5. The Hall–Kier alpha value is -2.97. The van der Waals surface area contributed by atoms with Crippen molar-refractivity contribution >= 4 is 27.6 Å². The molecule has 3 heterocycles. The van der Waals surface area contributed by atoms with Crippen molar-refractivity contribution in [3.8, 4) is 11.5 Å². The molecule has 5 rings (SSSR count). The highest BCUT2D eigenvalue weighted by Gasteiger charge is 2.25. The van der Waals surface area contributed by atoms with Gasteiger partial charge in [0, 0.05) is 43.3 Å². The van der Waals surface area contributed by atoms with Gasteiger partial charge in [0.15, 0.2) is 5.82 Å². The third kappa shape index (κ3) is 3.42. The summed E-state index contributed by atoms with van der Waals surface area (Å²) in [6.07, 6.45) is 0. The molecule has 7 nitrogen and oxygen atoms in total. The number of imidazole rings is 1. The smallest absolute Gasteiger partial charge is 0.159 e. The second kappa shape index (κ2) is 7.37. The average molecular weight is 407 g/mol. The Balaban J connectivity index is 1.45. The van der Waals surface area contributed by atoms with Crippen LogP contribution in [0, 0.1) is 5.82 Å². The second-order valence-corrected chi connectivity index (χ2v) is 8.39. The fourth-order valence-electron chi connectivity index (χ4n) is 4.28. The first-order valence-electron chi connectivity index (χ1n) is 10.2. The van der Waals surface area contributed by atoms with Gasteiger partial charge in [0.2, 0.25) is 0 Å². The molecule has 30 heavy (non-hydrogen) atoms. The molecule has 1 aliphatic heterocycles. The van der Waals surface area contributed by atoms with E-state index in [-0.39, 0.29) is 5.82 Å². The summed E-state index contributed by atoms with van der Waals surface area (Å²) in [6.45, 7) is 4.08. The number of rotatable bonds is 4. The van der Waals surface area contributed by atoms with Crippen LogP contribution in [0.3, 0.4) is 0 Å². The number of halogens is 1. The number of aromatic nitrogens is 4. The molecule has 0 aliphatic carbocycles. The molecule has 8 heteroatoms. The van der Waals surface area contributed by atoms with Gasteiger partial charge >= 0.3 is 0 Å². The van der Waals surface area contributed by atoms with Gasteiger partial charge in [-0.15, -0.1) is 0 Å². The van der Waals surface area contributed by atoms with Crippen LogP contribution in [0.5, 0.6) is 0 Å². The number of H-pyrrole nitrogens is 2. The molecule has 1 saturated heterocycles. The maximum absolute atomic E-state index is 13.5. The molecule has 4 aromatic rings. The molecule has 0 bridgehead atoms. The van der Waals surface area contributed by atoms with Crippen LogP contribution in [-0.2, 0) is 0 Å². The number of aromatic amines is 2. The predicted octanol–water partition coefficient (Wildman–Crippen LogP) is 2.93. The van der Waals surface area contributed by atoms with Crippen LogP contribution in [-0.4, -0.2) is 83.3 Å². The number of nitrogens with zero attached hydrogens (tertiary/aromatic N) is 5. The lowest BCUT2D eigenvalue weighted by atomic mass is 10.1. The van der Waals surface area contributed by atoms with Crippen LogP contribution in [0.2, 0.25) is 0 Å². The topological polar surface area (TPSA) is 67.1 Å². The van der Waals surface area contributed by atoms with Gasteiger partial charge < -0.3 is 14.8 Å². The lowest BCUT2D eigenvalue weighted by Crippen LogP contribution is -2.54. The van der Waals surface area contributed by atoms with E-state index in [2.05, 4.69) is 69.2 Å². The monoisotopic (exact) mass is 407 g/mol. The zero-order valence-corrected chi connectivity index (χ0v) is 17.5. The van der Waals surface area contributed by atoms with E-state index >= 15 is 0 Å². The fourth-order valence-corrected chi connectivity index (χ4v) is 4.28. The Kier molecular flexibility index (Phi) is 4.67. The Labute approximate surface area is 174 Å². The molecule has 0 saturated carbocycles. The van der Waals surface area contributed by atoms with Crippen molar-refractivity contribution in [3.05, 3.63) is 42.2 Å². The molecule has 1 atom stereocenters. The van der Waals surface area contributed by atoms with Crippen LogP contribution < -0.4 is 4.90 Å². The van der Waals surface area contributed by atoms with Gasteiger partial charge in [-0.05, 0) is 57.5 Å². The largest absolute Gasteiger partial charge is 0.369 e. The lowest BCUT2D eigenvalue weighted by molar-refractivity contribution is 0.178. The van der Waals surface area contributed by atoms with Gasteiger partial charge in [0.05, 0.1) is 16.6 Å². The highest BCUT2D eigenvalue weighted by atomic mass is 19.1. The molecular weight excluding hydrogens is 381 g/mol. The summed E-state index contributed by atoms with van der Waals surface area (Å²) in [4.78, 5) is 15.2. The number of piperazine rings is 1. The van der Waals surface area contributed by atoms with Gasteiger partial charge in [-0.2, -0.15) is 5.10 Å². The van der Waals surface area contributed by atoms with E-state index in [1.165, 1.54) is 17.8 Å². The van der Waals surface area contributed by atoms with E-state index in [0.29, 0.717) is 23.1 Å². The third-order valence-corrected chi connectivity index (χ3v) is 5.93. The quantitative estimate of drug-likeness (QED) is 0.545. The van der Waals surface area contributed by atoms with E-state index in [1.54, 1.807) is 6.07 Å². The number of likely N-dealkylation sites (N-methyl/N-ethyl adjacent to an activating group) is 2. The number of anilines is 1. The normalized spacial score (nSPS) is 18.2. The minimum absolute atomic E-state index is 0.285. The van der Waals surface area contributed by atoms with Crippen LogP contribution in [0.15, 0.2) is 36.4 Å². The number of hydrogen-bond donors (Lipinski definition) is 2. The fraction of sp³-hybridized carbons (Fsp3) is 0.364. The minimum Gasteiger partial charge on any atom is -0.369 e. The summed E-state index contributed by atoms with van der Waals surface area (Å²) in [5, 5.41) is 8.09. The summed E-state index contributed by atoms with van der Waals surface area (Å²) in [7, 11) is 6.45. The average Bonchev–Trinajstić information content (AvgIpc) is 3.31. The second-order valence-electron chi connectivity index (χ2n) is 8.39. The number of benzene rings is 2. The molecule has 0 radical (unpaired) electrons. The Morgan fingerprint density at radius 1 is 1.13 bits per heavy atom. The lowest BCUT2D eigenvalue weighted by Gasteiger charge is -2.41. The van der Waals surface area contributed by atoms with Gasteiger partial charge in [-0.25, -0.2) is 9.37 Å². The molecular formula is C22H26FN7. The highest BCUT2D eigenvalue weighted by Crippen LogP contribution is 2.29. The van der Waals surface area contributed by atoms with Crippen LogP contribution >= 0.6 is 0 Å². The van der Waals surface area contributed by atoms with Gasteiger partial charge in [-0.1, -0.05) is 0 Å². The maximum Gasteiger partial charge on any atom is 0.159 e. The van der Waals surface area contributed by atoms with Gasteiger partial charge in [0.25, 0.3) is 0 Å². The van der Waals surface area contributed by atoms with E-state index in [0.717, 1.165) is 42.6 Å². The van der Waals surface area contributed by atoms with Gasteiger partial charge in [0.1, 0.15) is 11.5 Å². The maximum atomic E-state index is 13.5. The highest BCUT2D eigenvalue weighted by molar-refractivity contribution is 5.93. The van der Waals surface area contributed by atoms with Crippen molar-refractivity contribution < 1.29 is 4.39 Å². The summed E-state index contributed by atoms with van der Waals surface area (Å²) >= 11 is 0. The summed E-state index contributed by atoms with van der Waals surface area (Å²) in [5.41, 5.74) is 4.43. The van der Waals surface area contributed by atoms with Crippen molar-refractivity contribution in [1.29, 1.82) is 0 Å². The Morgan fingerprint density at radius 3 is 2.83 bits per heavy atom. The first-order chi connectivity index (χ1) is 14.5. The number of fused-ring (bicyclic) bond motifs is 2. The molecule has 156 valence electrons.